The smallest absolute Gasteiger partial charge is 0.145 e. The summed E-state index contributed by atoms with van der Waals surface area (Å²) in [6.07, 6.45) is 3.88. The molecule has 0 unspecified atom stereocenters. The topological polar surface area (TPSA) is 40.8 Å². The van der Waals surface area contributed by atoms with Crippen molar-refractivity contribution in [1.82, 2.24) is 9.88 Å². The molecule has 0 spiro atoms. The van der Waals surface area contributed by atoms with Crippen molar-refractivity contribution in [2.75, 3.05) is 7.05 Å². The van der Waals surface area contributed by atoms with Crippen molar-refractivity contribution in [3.05, 3.63) is 59.2 Å². The van der Waals surface area contributed by atoms with Crippen LogP contribution in [0.2, 0.25) is 0 Å². The van der Waals surface area contributed by atoms with Crippen LogP contribution in [0.5, 0.6) is 0 Å². The van der Waals surface area contributed by atoms with Crippen molar-refractivity contribution in [2.24, 2.45) is 0 Å². The second-order valence-electron chi connectivity index (χ2n) is 4.11. The number of hydrogen-bond donors (Lipinski definition) is 1. The maximum Gasteiger partial charge on any atom is 0.145 e. The van der Waals surface area contributed by atoms with Gasteiger partial charge in [0.05, 0.1) is 5.56 Å². The van der Waals surface area contributed by atoms with Crippen LogP contribution in [0.25, 0.3) is 0 Å². The number of benzene rings is 1. The van der Waals surface area contributed by atoms with E-state index in [1.807, 2.05) is 36.1 Å². The first-order chi connectivity index (χ1) is 8.74. The molecule has 2 aromatic rings. The van der Waals surface area contributed by atoms with Crippen LogP contribution in [-0.4, -0.2) is 11.6 Å². The van der Waals surface area contributed by atoms with E-state index in [1.165, 1.54) is 6.07 Å². The summed E-state index contributed by atoms with van der Waals surface area (Å²) in [4.78, 5) is 0. The largest absolute Gasteiger partial charge is 0.349 e. The van der Waals surface area contributed by atoms with E-state index in [1.54, 1.807) is 12.1 Å². The van der Waals surface area contributed by atoms with Crippen LogP contribution < -0.4 is 5.32 Å². The fraction of sp³-hybridized carbons (Fsp3) is 0.214. The summed E-state index contributed by atoms with van der Waals surface area (Å²) in [5.41, 5.74) is 1.77. The second-order valence-corrected chi connectivity index (χ2v) is 4.11. The van der Waals surface area contributed by atoms with Crippen LogP contribution in [-0.2, 0) is 13.1 Å². The van der Waals surface area contributed by atoms with E-state index < -0.39 is 5.82 Å². The standard InChI is InChI=1S/C14H14FN3/c1-17-8-11-5-6-18(9-11)10-13-4-2-3-12(7-16)14(13)15/h2-6,9,17H,8,10H2,1H3. The van der Waals surface area contributed by atoms with Crippen LogP contribution in [0.3, 0.4) is 0 Å². The monoisotopic (exact) mass is 243 g/mol. The Balaban J connectivity index is 2.21. The van der Waals surface area contributed by atoms with Gasteiger partial charge >= 0.3 is 0 Å². The predicted octanol–water partition coefficient (Wildman–Crippen LogP) is 2.27. The van der Waals surface area contributed by atoms with E-state index in [4.69, 9.17) is 5.26 Å². The van der Waals surface area contributed by atoms with Gasteiger partial charge in [-0.05, 0) is 24.7 Å². The van der Waals surface area contributed by atoms with Gasteiger partial charge in [0, 0.05) is 31.0 Å². The van der Waals surface area contributed by atoms with E-state index in [0.717, 1.165) is 12.1 Å². The second kappa shape index (κ2) is 5.48. The summed E-state index contributed by atoms with van der Waals surface area (Å²) >= 11 is 0. The molecule has 0 radical (unpaired) electrons. The van der Waals surface area contributed by atoms with Gasteiger partial charge in [-0.25, -0.2) is 4.39 Å². The molecule has 1 aromatic heterocycles. The number of hydrogen-bond acceptors (Lipinski definition) is 2. The maximum atomic E-state index is 13.9. The molecule has 0 saturated carbocycles. The first-order valence-electron chi connectivity index (χ1n) is 5.71. The van der Waals surface area contributed by atoms with Gasteiger partial charge in [-0.2, -0.15) is 5.26 Å². The first kappa shape index (κ1) is 12.3. The van der Waals surface area contributed by atoms with Crippen molar-refractivity contribution < 1.29 is 4.39 Å². The summed E-state index contributed by atoms with van der Waals surface area (Å²) < 4.78 is 15.8. The summed E-state index contributed by atoms with van der Waals surface area (Å²) in [6.45, 7) is 1.22. The molecule has 4 heteroatoms. The van der Waals surface area contributed by atoms with Crippen LogP contribution >= 0.6 is 0 Å². The number of aromatic nitrogens is 1. The first-order valence-corrected chi connectivity index (χ1v) is 5.71. The summed E-state index contributed by atoms with van der Waals surface area (Å²) in [6, 6.07) is 8.73. The molecule has 92 valence electrons. The van der Waals surface area contributed by atoms with Crippen molar-refractivity contribution in [3.63, 3.8) is 0 Å². The van der Waals surface area contributed by atoms with Crippen LogP contribution in [0, 0.1) is 17.1 Å². The molecule has 0 aliphatic heterocycles. The normalized spacial score (nSPS) is 10.3. The zero-order chi connectivity index (χ0) is 13.0. The van der Waals surface area contributed by atoms with E-state index >= 15 is 0 Å². The Labute approximate surface area is 105 Å². The van der Waals surface area contributed by atoms with Crippen molar-refractivity contribution in [2.45, 2.75) is 13.1 Å². The minimum Gasteiger partial charge on any atom is -0.349 e. The van der Waals surface area contributed by atoms with Crippen molar-refractivity contribution in [3.8, 4) is 6.07 Å². The van der Waals surface area contributed by atoms with E-state index in [-0.39, 0.29) is 5.56 Å². The number of nitriles is 1. The lowest BCUT2D eigenvalue weighted by atomic mass is 10.1. The third kappa shape index (κ3) is 2.58. The summed E-state index contributed by atoms with van der Waals surface area (Å²) in [5, 5.41) is 11.8. The molecular formula is C14H14FN3. The zero-order valence-electron chi connectivity index (χ0n) is 10.2. The highest BCUT2D eigenvalue weighted by molar-refractivity contribution is 5.35. The molecule has 1 aromatic carbocycles. The van der Waals surface area contributed by atoms with E-state index in [9.17, 15) is 4.39 Å². The molecule has 2 rings (SSSR count). The van der Waals surface area contributed by atoms with Crippen LogP contribution in [0.1, 0.15) is 16.7 Å². The van der Waals surface area contributed by atoms with Gasteiger partial charge in [0.15, 0.2) is 0 Å². The number of halogens is 1. The predicted molar refractivity (Wildman–Crippen MR) is 67.4 cm³/mol. The highest BCUT2D eigenvalue weighted by Crippen LogP contribution is 2.14. The van der Waals surface area contributed by atoms with E-state index in [2.05, 4.69) is 5.32 Å². The Morgan fingerprint density at radius 3 is 2.94 bits per heavy atom. The molecule has 0 fully saturated rings. The van der Waals surface area contributed by atoms with Gasteiger partial charge in [-0.1, -0.05) is 12.1 Å². The van der Waals surface area contributed by atoms with Crippen molar-refractivity contribution >= 4 is 0 Å². The van der Waals surface area contributed by atoms with Gasteiger partial charge in [-0.15, -0.1) is 0 Å². The molecule has 0 bridgehead atoms. The molecule has 1 heterocycles. The average molecular weight is 243 g/mol. The fourth-order valence-corrected chi connectivity index (χ4v) is 1.88. The molecule has 1 N–H and O–H groups in total. The molecule has 0 amide bonds. The quantitative estimate of drug-likeness (QED) is 0.894. The van der Waals surface area contributed by atoms with Crippen LogP contribution in [0.15, 0.2) is 36.7 Å². The van der Waals surface area contributed by atoms with Crippen LogP contribution in [0.4, 0.5) is 4.39 Å². The minimum atomic E-state index is -0.427. The van der Waals surface area contributed by atoms with E-state index in [0.29, 0.717) is 12.1 Å². The molecule has 0 saturated heterocycles. The van der Waals surface area contributed by atoms with Gasteiger partial charge in [0.25, 0.3) is 0 Å². The Bertz CT molecular complexity index is 581. The van der Waals surface area contributed by atoms with Gasteiger partial charge < -0.3 is 9.88 Å². The highest BCUT2D eigenvalue weighted by Gasteiger charge is 2.07. The lowest BCUT2D eigenvalue weighted by Gasteiger charge is -2.05. The zero-order valence-corrected chi connectivity index (χ0v) is 10.2. The number of nitrogens with one attached hydrogen (secondary N) is 1. The number of nitrogens with zero attached hydrogens (tertiary/aromatic N) is 2. The van der Waals surface area contributed by atoms with Gasteiger partial charge in [0.1, 0.15) is 11.9 Å². The lowest BCUT2D eigenvalue weighted by Crippen LogP contribution is -2.04. The Kier molecular flexibility index (Phi) is 3.75. The van der Waals surface area contributed by atoms with Gasteiger partial charge in [0.2, 0.25) is 0 Å². The molecule has 0 atom stereocenters. The Morgan fingerprint density at radius 2 is 2.22 bits per heavy atom. The molecular weight excluding hydrogens is 229 g/mol. The molecule has 0 aliphatic rings. The molecule has 3 nitrogen and oxygen atoms in total. The summed E-state index contributed by atoms with van der Waals surface area (Å²) in [5.74, 6) is -0.427. The van der Waals surface area contributed by atoms with Crippen molar-refractivity contribution in [1.29, 1.82) is 5.26 Å². The third-order valence-corrected chi connectivity index (χ3v) is 2.74. The number of rotatable bonds is 4. The fourth-order valence-electron chi connectivity index (χ4n) is 1.88. The minimum absolute atomic E-state index is 0.0927. The Hall–Kier alpha value is -2.12. The summed E-state index contributed by atoms with van der Waals surface area (Å²) in [7, 11) is 1.88. The SMILES string of the molecule is CNCc1ccn(Cc2cccc(C#N)c2F)c1. The molecule has 18 heavy (non-hydrogen) atoms. The Morgan fingerprint density at radius 1 is 1.39 bits per heavy atom. The maximum absolute atomic E-state index is 13.9. The molecule has 0 aliphatic carbocycles. The highest BCUT2D eigenvalue weighted by atomic mass is 19.1. The average Bonchev–Trinajstić information content (AvgIpc) is 2.80. The van der Waals surface area contributed by atoms with Gasteiger partial charge in [-0.3, -0.25) is 0 Å². The lowest BCUT2D eigenvalue weighted by molar-refractivity contribution is 0.596. The third-order valence-electron chi connectivity index (χ3n) is 2.74.